The van der Waals surface area contributed by atoms with Gasteiger partial charge in [0.25, 0.3) is 5.91 Å². The van der Waals surface area contributed by atoms with E-state index in [0.717, 1.165) is 12.2 Å². The molecular formula is C11H22N2O3S. The van der Waals surface area contributed by atoms with Crippen LogP contribution in [0.1, 0.15) is 20.3 Å². The van der Waals surface area contributed by atoms with Gasteiger partial charge in [0.1, 0.15) is 0 Å². The molecule has 0 aromatic rings. The standard InChI is InChI=1S/C11H22N2O3S/c1-5-8(7-17-4)13(3)10(14)9(12)11(15)16-6-2/h8-9H,5-7,12H2,1-4H3. The van der Waals surface area contributed by atoms with Gasteiger partial charge in [-0.25, -0.2) is 4.79 Å². The molecular weight excluding hydrogens is 240 g/mol. The summed E-state index contributed by atoms with van der Waals surface area (Å²) in [7, 11) is 1.67. The first-order chi connectivity index (χ1) is 7.99. The Morgan fingerprint density at radius 2 is 2.00 bits per heavy atom. The van der Waals surface area contributed by atoms with E-state index in [1.54, 1.807) is 25.7 Å². The Labute approximate surface area is 107 Å². The van der Waals surface area contributed by atoms with E-state index in [1.807, 2.05) is 13.2 Å². The normalized spacial score (nSPS) is 13.9. The second-order valence-electron chi connectivity index (χ2n) is 3.70. The molecule has 6 heteroatoms. The number of nitrogens with zero attached hydrogens (tertiary/aromatic N) is 1. The van der Waals surface area contributed by atoms with Crippen molar-refractivity contribution in [2.75, 3.05) is 25.7 Å². The molecule has 0 aromatic heterocycles. The summed E-state index contributed by atoms with van der Waals surface area (Å²) in [4.78, 5) is 24.8. The third kappa shape index (κ3) is 4.95. The van der Waals surface area contributed by atoms with Crippen LogP contribution in [-0.4, -0.2) is 54.5 Å². The van der Waals surface area contributed by atoms with Crippen LogP contribution < -0.4 is 5.73 Å². The number of carbonyl (C=O) groups is 2. The second-order valence-corrected chi connectivity index (χ2v) is 4.61. The average Bonchev–Trinajstić information content (AvgIpc) is 2.33. The van der Waals surface area contributed by atoms with Gasteiger partial charge in [-0.3, -0.25) is 4.79 Å². The highest BCUT2D eigenvalue weighted by molar-refractivity contribution is 7.98. The molecule has 5 nitrogen and oxygen atoms in total. The van der Waals surface area contributed by atoms with Crippen LogP contribution in [0.5, 0.6) is 0 Å². The summed E-state index contributed by atoms with van der Waals surface area (Å²) in [6, 6.07) is -1.12. The quantitative estimate of drug-likeness (QED) is 0.533. The van der Waals surface area contributed by atoms with Gasteiger partial charge in [-0.1, -0.05) is 6.92 Å². The zero-order valence-corrected chi connectivity index (χ0v) is 11.8. The SMILES string of the molecule is CCOC(=O)C(N)C(=O)N(C)C(CC)CSC. The molecule has 1 amide bonds. The minimum atomic E-state index is -1.21. The minimum Gasteiger partial charge on any atom is -0.464 e. The second kappa shape index (κ2) is 8.36. The van der Waals surface area contributed by atoms with Crippen LogP contribution in [0.15, 0.2) is 0 Å². The lowest BCUT2D eigenvalue weighted by Gasteiger charge is -2.28. The Hall–Kier alpha value is -0.750. The molecule has 100 valence electrons. The van der Waals surface area contributed by atoms with Crippen molar-refractivity contribution < 1.29 is 14.3 Å². The monoisotopic (exact) mass is 262 g/mol. The summed E-state index contributed by atoms with van der Waals surface area (Å²) >= 11 is 1.66. The molecule has 0 aromatic carbocycles. The Bertz CT molecular complexity index is 261. The smallest absolute Gasteiger partial charge is 0.332 e. The lowest BCUT2D eigenvalue weighted by atomic mass is 10.2. The highest BCUT2D eigenvalue weighted by Gasteiger charge is 2.29. The average molecular weight is 262 g/mol. The molecule has 0 spiro atoms. The molecule has 0 bridgehead atoms. The van der Waals surface area contributed by atoms with E-state index < -0.39 is 12.0 Å². The van der Waals surface area contributed by atoms with Crippen LogP contribution in [0.4, 0.5) is 0 Å². The number of ether oxygens (including phenoxy) is 1. The third-order valence-corrected chi connectivity index (χ3v) is 3.25. The van der Waals surface area contributed by atoms with Gasteiger partial charge in [0.2, 0.25) is 0 Å². The summed E-state index contributed by atoms with van der Waals surface area (Å²) in [5.41, 5.74) is 5.56. The number of thioether (sulfide) groups is 1. The van der Waals surface area contributed by atoms with E-state index in [1.165, 1.54) is 4.90 Å². The first kappa shape index (κ1) is 16.2. The van der Waals surface area contributed by atoms with Crippen LogP contribution in [-0.2, 0) is 14.3 Å². The number of esters is 1. The van der Waals surface area contributed by atoms with Crippen molar-refractivity contribution in [1.82, 2.24) is 4.90 Å². The maximum atomic E-state index is 11.9. The predicted molar refractivity (Wildman–Crippen MR) is 69.8 cm³/mol. The zero-order valence-electron chi connectivity index (χ0n) is 10.9. The lowest BCUT2D eigenvalue weighted by molar-refractivity contribution is -0.151. The first-order valence-corrected chi connectivity index (χ1v) is 7.06. The van der Waals surface area contributed by atoms with Crippen molar-refractivity contribution in [2.24, 2.45) is 5.73 Å². The van der Waals surface area contributed by atoms with E-state index in [-0.39, 0.29) is 18.6 Å². The van der Waals surface area contributed by atoms with Crippen molar-refractivity contribution in [1.29, 1.82) is 0 Å². The van der Waals surface area contributed by atoms with E-state index in [0.29, 0.717) is 0 Å². The number of carbonyl (C=O) groups excluding carboxylic acids is 2. The molecule has 0 fully saturated rings. The fourth-order valence-corrected chi connectivity index (χ4v) is 2.27. The van der Waals surface area contributed by atoms with E-state index in [2.05, 4.69) is 0 Å². The maximum absolute atomic E-state index is 11.9. The number of nitrogens with two attached hydrogens (primary N) is 1. The molecule has 0 saturated carbocycles. The molecule has 0 aliphatic carbocycles. The predicted octanol–water partition coefficient (Wildman–Crippen LogP) is 0.477. The number of rotatable bonds is 7. The molecule has 0 saturated heterocycles. The summed E-state index contributed by atoms with van der Waals surface area (Å²) in [6.07, 6.45) is 2.81. The van der Waals surface area contributed by atoms with Crippen LogP contribution in [0.3, 0.4) is 0 Å². The Morgan fingerprint density at radius 1 is 1.41 bits per heavy atom. The lowest BCUT2D eigenvalue weighted by Crippen LogP contribution is -2.51. The zero-order chi connectivity index (χ0) is 13.4. The summed E-state index contributed by atoms with van der Waals surface area (Å²) < 4.78 is 4.73. The van der Waals surface area contributed by atoms with Crippen molar-refractivity contribution in [3.05, 3.63) is 0 Å². The van der Waals surface area contributed by atoms with Gasteiger partial charge in [-0.15, -0.1) is 0 Å². The molecule has 17 heavy (non-hydrogen) atoms. The molecule has 2 unspecified atom stereocenters. The van der Waals surface area contributed by atoms with Crippen molar-refractivity contribution in [3.8, 4) is 0 Å². The van der Waals surface area contributed by atoms with Crippen LogP contribution >= 0.6 is 11.8 Å². The van der Waals surface area contributed by atoms with Gasteiger partial charge in [-0.2, -0.15) is 11.8 Å². The number of likely N-dealkylation sites (N-methyl/N-ethyl adjacent to an activating group) is 1. The van der Waals surface area contributed by atoms with Gasteiger partial charge < -0.3 is 15.4 Å². The third-order valence-electron chi connectivity index (χ3n) is 2.53. The Morgan fingerprint density at radius 3 is 2.41 bits per heavy atom. The van der Waals surface area contributed by atoms with E-state index >= 15 is 0 Å². The highest BCUT2D eigenvalue weighted by atomic mass is 32.2. The largest absolute Gasteiger partial charge is 0.464 e. The fraction of sp³-hybridized carbons (Fsp3) is 0.818. The highest BCUT2D eigenvalue weighted by Crippen LogP contribution is 2.09. The van der Waals surface area contributed by atoms with Crippen LogP contribution in [0.25, 0.3) is 0 Å². The number of hydrogen-bond donors (Lipinski definition) is 1. The molecule has 2 atom stereocenters. The molecule has 0 heterocycles. The van der Waals surface area contributed by atoms with Gasteiger partial charge in [-0.05, 0) is 19.6 Å². The summed E-state index contributed by atoms with van der Waals surface area (Å²) in [5, 5.41) is 0. The first-order valence-electron chi connectivity index (χ1n) is 5.67. The van der Waals surface area contributed by atoms with E-state index in [4.69, 9.17) is 10.5 Å². The minimum absolute atomic E-state index is 0.0953. The summed E-state index contributed by atoms with van der Waals surface area (Å²) in [6.45, 7) is 3.91. The topological polar surface area (TPSA) is 72.6 Å². The van der Waals surface area contributed by atoms with Crippen LogP contribution in [0, 0.1) is 0 Å². The number of amides is 1. The van der Waals surface area contributed by atoms with E-state index in [9.17, 15) is 9.59 Å². The molecule has 0 rings (SSSR count). The molecule has 0 aliphatic heterocycles. The van der Waals surface area contributed by atoms with Crippen molar-refractivity contribution in [3.63, 3.8) is 0 Å². The Kier molecular flexibility index (Phi) is 7.99. The summed E-state index contributed by atoms with van der Waals surface area (Å²) in [5.74, 6) is -0.221. The van der Waals surface area contributed by atoms with Crippen molar-refractivity contribution >= 4 is 23.6 Å². The maximum Gasteiger partial charge on any atom is 0.332 e. The van der Waals surface area contributed by atoms with Gasteiger partial charge in [0.15, 0.2) is 6.04 Å². The molecule has 2 N–H and O–H groups in total. The fourth-order valence-electron chi connectivity index (χ4n) is 1.43. The number of hydrogen-bond acceptors (Lipinski definition) is 5. The van der Waals surface area contributed by atoms with Gasteiger partial charge in [0, 0.05) is 18.8 Å². The Balaban J connectivity index is 4.51. The van der Waals surface area contributed by atoms with Crippen LogP contribution in [0.2, 0.25) is 0 Å². The molecule has 0 aliphatic rings. The van der Waals surface area contributed by atoms with Crippen molar-refractivity contribution in [2.45, 2.75) is 32.4 Å². The van der Waals surface area contributed by atoms with Gasteiger partial charge in [0.05, 0.1) is 6.61 Å². The van der Waals surface area contributed by atoms with Gasteiger partial charge >= 0.3 is 5.97 Å². The molecule has 0 radical (unpaired) electrons.